The number of thiazole rings is 1. The van der Waals surface area contributed by atoms with Gasteiger partial charge >= 0.3 is 0 Å². The molecular weight excluding hydrogens is 452 g/mol. The lowest BCUT2D eigenvalue weighted by Crippen LogP contribution is -2.43. The summed E-state index contributed by atoms with van der Waals surface area (Å²) in [6, 6.07) is 9.84. The molecule has 0 atom stereocenters. The topological polar surface area (TPSA) is 88.8 Å². The van der Waals surface area contributed by atoms with E-state index in [1.807, 2.05) is 19.1 Å². The molecule has 32 heavy (non-hydrogen) atoms. The Labute approximate surface area is 194 Å². The zero-order chi connectivity index (χ0) is 22.7. The van der Waals surface area contributed by atoms with Crippen molar-refractivity contribution < 1.29 is 14.5 Å². The Kier molecular flexibility index (Phi) is 7.00. The number of nitrogens with zero attached hydrogens (tertiary/aromatic N) is 4. The number of carbonyl (C=O) groups excluding carboxylic acids is 1. The highest BCUT2D eigenvalue weighted by molar-refractivity contribution is 7.23. The Bertz CT molecular complexity index is 1090. The van der Waals surface area contributed by atoms with Crippen LogP contribution in [0, 0.1) is 17.0 Å². The molecule has 10 heteroatoms. The molecule has 0 spiro atoms. The van der Waals surface area contributed by atoms with Gasteiger partial charge in [0.15, 0.2) is 5.13 Å². The number of ether oxygens (including phenoxy) is 1. The number of non-ortho nitro benzene ring substituents is 1. The van der Waals surface area contributed by atoms with Crippen molar-refractivity contribution in [1.82, 2.24) is 9.88 Å². The van der Waals surface area contributed by atoms with Crippen LogP contribution in [0.5, 0.6) is 0 Å². The molecule has 0 unspecified atom stereocenters. The van der Waals surface area contributed by atoms with Crippen molar-refractivity contribution in [3.05, 3.63) is 62.7 Å². The van der Waals surface area contributed by atoms with Crippen molar-refractivity contribution in [3.63, 3.8) is 0 Å². The normalized spacial score (nSPS) is 14.6. The summed E-state index contributed by atoms with van der Waals surface area (Å²) in [5, 5.41) is 12.1. The molecule has 2 heterocycles. The molecule has 1 saturated heterocycles. The van der Waals surface area contributed by atoms with Crippen molar-refractivity contribution in [3.8, 4) is 0 Å². The van der Waals surface area contributed by atoms with E-state index in [1.54, 1.807) is 17.0 Å². The summed E-state index contributed by atoms with van der Waals surface area (Å²) in [5.41, 5.74) is 2.52. The highest BCUT2D eigenvalue weighted by atomic mass is 35.5. The molecule has 1 aromatic heterocycles. The minimum Gasteiger partial charge on any atom is -0.379 e. The number of anilines is 1. The van der Waals surface area contributed by atoms with Gasteiger partial charge < -0.3 is 4.74 Å². The summed E-state index contributed by atoms with van der Waals surface area (Å²) in [4.78, 5) is 32.5. The Morgan fingerprint density at radius 1 is 1.25 bits per heavy atom. The lowest BCUT2D eigenvalue weighted by molar-refractivity contribution is -0.384. The molecule has 0 N–H and O–H groups in total. The number of morpholine rings is 1. The van der Waals surface area contributed by atoms with Crippen molar-refractivity contribution in [1.29, 1.82) is 0 Å². The second kappa shape index (κ2) is 9.91. The number of fused-ring (bicyclic) bond motifs is 1. The van der Waals surface area contributed by atoms with E-state index in [0.717, 1.165) is 28.9 Å². The molecule has 8 nitrogen and oxygen atoms in total. The van der Waals surface area contributed by atoms with E-state index in [2.05, 4.69) is 4.90 Å². The summed E-state index contributed by atoms with van der Waals surface area (Å²) in [6.07, 6.45) is 0.129. The van der Waals surface area contributed by atoms with E-state index in [9.17, 15) is 14.9 Å². The number of hydrogen-bond acceptors (Lipinski definition) is 7. The zero-order valence-corrected chi connectivity index (χ0v) is 19.2. The lowest BCUT2D eigenvalue weighted by atomic mass is 10.1. The number of aromatic nitrogens is 1. The fourth-order valence-electron chi connectivity index (χ4n) is 3.60. The predicted molar refractivity (Wildman–Crippen MR) is 126 cm³/mol. The van der Waals surface area contributed by atoms with Crippen molar-refractivity contribution >= 4 is 49.9 Å². The van der Waals surface area contributed by atoms with Crippen LogP contribution < -0.4 is 4.90 Å². The van der Waals surface area contributed by atoms with Gasteiger partial charge in [0, 0.05) is 38.3 Å². The highest BCUT2D eigenvalue weighted by Gasteiger charge is 2.23. The molecule has 0 saturated carbocycles. The standard InChI is InChI=1S/C22H23ClN4O4S/c1-15-2-7-18(23)21-20(15)24-22(32-21)26(9-8-25-10-12-31-13-11-25)19(28)14-16-3-5-17(6-4-16)27(29)30/h2-7H,8-14H2,1H3. The van der Waals surface area contributed by atoms with Gasteiger partial charge in [0.25, 0.3) is 5.69 Å². The first-order valence-electron chi connectivity index (χ1n) is 10.3. The summed E-state index contributed by atoms with van der Waals surface area (Å²) in [6.45, 7) is 6.20. The maximum Gasteiger partial charge on any atom is 0.269 e. The first-order valence-corrected chi connectivity index (χ1v) is 11.5. The van der Waals surface area contributed by atoms with Gasteiger partial charge in [-0.15, -0.1) is 0 Å². The number of aryl methyl sites for hydroxylation is 1. The molecule has 168 valence electrons. The van der Waals surface area contributed by atoms with E-state index in [1.165, 1.54) is 23.5 Å². The summed E-state index contributed by atoms with van der Waals surface area (Å²) in [7, 11) is 0. The number of amides is 1. The van der Waals surface area contributed by atoms with Crippen LogP contribution in [-0.4, -0.2) is 60.1 Å². The first-order chi connectivity index (χ1) is 15.4. The summed E-state index contributed by atoms with van der Waals surface area (Å²) >= 11 is 7.79. The van der Waals surface area contributed by atoms with Gasteiger partial charge in [0.05, 0.1) is 39.8 Å². The molecular formula is C22H23ClN4O4S. The molecule has 1 amide bonds. The van der Waals surface area contributed by atoms with Crippen molar-refractivity contribution in [2.75, 3.05) is 44.3 Å². The van der Waals surface area contributed by atoms with Gasteiger partial charge in [-0.3, -0.25) is 24.7 Å². The molecule has 1 aliphatic heterocycles. The van der Waals surface area contributed by atoms with Gasteiger partial charge in [-0.25, -0.2) is 4.98 Å². The third kappa shape index (κ3) is 5.07. The average Bonchev–Trinajstić information content (AvgIpc) is 3.24. The van der Waals surface area contributed by atoms with E-state index < -0.39 is 4.92 Å². The van der Waals surface area contributed by atoms with E-state index in [0.29, 0.717) is 42.0 Å². The SMILES string of the molecule is Cc1ccc(Cl)c2sc(N(CCN3CCOCC3)C(=O)Cc3ccc([N+](=O)[O-])cc3)nc12. The maximum absolute atomic E-state index is 13.3. The number of hydrogen-bond donors (Lipinski definition) is 0. The van der Waals surface area contributed by atoms with E-state index in [4.69, 9.17) is 21.3 Å². The molecule has 1 aliphatic rings. The van der Waals surface area contributed by atoms with Gasteiger partial charge in [-0.1, -0.05) is 41.1 Å². The molecule has 4 rings (SSSR count). The first kappa shape index (κ1) is 22.6. The van der Waals surface area contributed by atoms with Crippen molar-refractivity contribution in [2.24, 2.45) is 0 Å². The largest absolute Gasteiger partial charge is 0.379 e. The molecule has 3 aromatic rings. The van der Waals surface area contributed by atoms with Crippen molar-refractivity contribution in [2.45, 2.75) is 13.3 Å². The van der Waals surface area contributed by atoms with Crippen LogP contribution in [0.2, 0.25) is 5.02 Å². The molecule has 0 aliphatic carbocycles. The number of carbonyl (C=O) groups is 1. The monoisotopic (exact) mass is 474 g/mol. The van der Waals surface area contributed by atoms with Crippen LogP contribution >= 0.6 is 22.9 Å². The van der Waals surface area contributed by atoms with Crippen LogP contribution in [0.3, 0.4) is 0 Å². The van der Waals surface area contributed by atoms with Gasteiger partial charge in [-0.2, -0.15) is 0 Å². The Balaban J connectivity index is 1.59. The summed E-state index contributed by atoms with van der Waals surface area (Å²) in [5.74, 6) is -0.111. The van der Waals surface area contributed by atoms with Crippen LogP contribution in [0.25, 0.3) is 10.2 Å². The zero-order valence-electron chi connectivity index (χ0n) is 17.6. The van der Waals surface area contributed by atoms with Gasteiger partial charge in [0.2, 0.25) is 5.91 Å². The fourth-order valence-corrected chi connectivity index (χ4v) is 4.96. The summed E-state index contributed by atoms with van der Waals surface area (Å²) < 4.78 is 6.28. The maximum atomic E-state index is 13.3. The van der Waals surface area contributed by atoms with Gasteiger partial charge in [0.1, 0.15) is 0 Å². The third-order valence-electron chi connectivity index (χ3n) is 5.46. The third-order valence-corrected chi connectivity index (χ3v) is 7.00. The number of nitro benzene ring substituents is 1. The van der Waals surface area contributed by atoms with Gasteiger partial charge in [-0.05, 0) is 24.1 Å². The second-order valence-corrected chi connectivity index (χ2v) is 9.02. The van der Waals surface area contributed by atoms with Crippen LogP contribution in [0.15, 0.2) is 36.4 Å². The quantitative estimate of drug-likeness (QED) is 0.378. The molecule has 0 bridgehead atoms. The molecule has 0 radical (unpaired) electrons. The number of halogens is 1. The Morgan fingerprint density at radius 3 is 2.62 bits per heavy atom. The van der Waals surface area contributed by atoms with Crippen LogP contribution in [0.4, 0.5) is 10.8 Å². The molecule has 2 aromatic carbocycles. The predicted octanol–water partition coefficient (Wildman–Crippen LogP) is 4.07. The molecule has 1 fully saturated rings. The minimum absolute atomic E-state index is 0.00154. The smallest absolute Gasteiger partial charge is 0.269 e. The number of benzene rings is 2. The highest BCUT2D eigenvalue weighted by Crippen LogP contribution is 2.35. The average molecular weight is 475 g/mol. The number of rotatable bonds is 7. The van der Waals surface area contributed by atoms with E-state index >= 15 is 0 Å². The van der Waals surface area contributed by atoms with Crippen LogP contribution in [-0.2, 0) is 16.0 Å². The lowest BCUT2D eigenvalue weighted by Gasteiger charge is -2.29. The van der Waals surface area contributed by atoms with E-state index in [-0.39, 0.29) is 18.0 Å². The minimum atomic E-state index is -0.451. The fraction of sp³-hybridized carbons (Fsp3) is 0.364. The second-order valence-electron chi connectivity index (χ2n) is 7.64. The Hall–Kier alpha value is -2.59. The van der Waals surface area contributed by atoms with Crippen LogP contribution in [0.1, 0.15) is 11.1 Å². The number of nitro groups is 1. The Morgan fingerprint density at radius 2 is 1.97 bits per heavy atom.